The number of ketones is 1. The van der Waals surface area contributed by atoms with Crippen molar-refractivity contribution in [3.05, 3.63) is 47.1 Å². The van der Waals surface area contributed by atoms with E-state index >= 15 is 0 Å². The lowest BCUT2D eigenvalue weighted by Gasteiger charge is -2.22. The summed E-state index contributed by atoms with van der Waals surface area (Å²) in [6, 6.07) is 4.93. The van der Waals surface area contributed by atoms with E-state index in [4.69, 9.17) is 4.74 Å². The first-order valence-corrected chi connectivity index (χ1v) is 9.38. The first kappa shape index (κ1) is 17.7. The van der Waals surface area contributed by atoms with E-state index in [0.717, 1.165) is 0 Å². The van der Waals surface area contributed by atoms with Gasteiger partial charge in [0.1, 0.15) is 5.75 Å². The van der Waals surface area contributed by atoms with Crippen LogP contribution >= 0.6 is 0 Å². The molecule has 4 atom stereocenters. The van der Waals surface area contributed by atoms with Gasteiger partial charge in [-0.05, 0) is 45.9 Å². The van der Waals surface area contributed by atoms with Crippen LogP contribution in [0.2, 0.25) is 0 Å². The summed E-state index contributed by atoms with van der Waals surface area (Å²) in [6.07, 6.45) is 4.14. The van der Waals surface area contributed by atoms with Crippen molar-refractivity contribution in [3.8, 4) is 5.75 Å². The molecule has 2 fully saturated rings. The highest BCUT2D eigenvalue weighted by Crippen LogP contribution is 2.57. The number of rotatable bonds is 4. The van der Waals surface area contributed by atoms with Gasteiger partial charge in [-0.3, -0.25) is 14.4 Å². The van der Waals surface area contributed by atoms with Crippen LogP contribution in [0.25, 0.3) is 0 Å². The van der Waals surface area contributed by atoms with Gasteiger partial charge in [-0.25, -0.2) is 4.90 Å². The molecule has 0 N–H and O–H groups in total. The second-order valence-electron chi connectivity index (χ2n) is 7.63. The minimum absolute atomic E-state index is 0.00187. The minimum Gasteiger partial charge on any atom is -0.492 e. The molecule has 0 unspecified atom stereocenters. The zero-order valence-electron chi connectivity index (χ0n) is 16.0. The highest BCUT2D eigenvalue weighted by Gasteiger charge is 2.62. The molecule has 5 nitrogen and oxygen atoms in total. The number of imide groups is 1. The van der Waals surface area contributed by atoms with E-state index in [1.54, 1.807) is 18.2 Å². The Morgan fingerprint density at radius 1 is 1.04 bits per heavy atom. The molecule has 0 aromatic heterocycles. The van der Waals surface area contributed by atoms with Crippen molar-refractivity contribution in [2.45, 2.75) is 27.7 Å². The molecular formula is C22H23NO4. The Hall–Kier alpha value is -2.69. The lowest BCUT2D eigenvalue weighted by molar-refractivity contribution is -0.123. The van der Waals surface area contributed by atoms with Crippen molar-refractivity contribution in [1.29, 1.82) is 0 Å². The number of hydrogen-bond acceptors (Lipinski definition) is 4. The summed E-state index contributed by atoms with van der Waals surface area (Å²) < 4.78 is 5.65. The van der Waals surface area contributed by atoms with Crippen molar-refractivity contribution in [2.75, 3.05) is 11.5 Å². The van der Waals surface area contributed by atoms with E-state index < -0.39 is 0 Å². The summed E-state index contributed by atoms with van der Waals surface area (Å²) in [5.74, 6) is -0.764. The summed E-state index contributed by atoms with van der Waals surface area (Å²) in [4.78, 5) is 39.7. The molecule has 1 saturated heterocycles. The maximum atomic E-state index is 13.3. The first-order chi connectivity index (χ1) is 12.9. The predicted molar refractivity (Wildman–Crippen MR) is 102 cm³/mol. The van der Waals surface area contributed by atoms with Crippen molar-refractivity contribution >= 4 is 23.3 Å². The molecule has 1 aromatic carbocycles. The first-order valence-electron chi connectivity index (χ1n) is 9.38. The van der Waals surface area contributed by atoms with Gasteiger partial charge in [0, 0.05) is 17.4 Å². The maximum Gasteiger partial charge on any atom is 0.238 e. The van der Waals surface area contributed by atoms with Gasteiger partial charge in [-0.1, -0.05) is 23.3 Å². The normalized spacial score (nSPS) is 28.1. The quantitative estimate of drug-likeness (QED) is 0.465. The number of anilines is 1. The highest BCUT2D eigenvalue weighted by molar-refractivity contribution is 6.24. The molecule has 5 heteroatoms. The van der Waals surface area contributed by atoms with Crippen molar-refractivity contribution < 1.29 is 19.1 Å². The number of carbonyl (C=O) groups excluding carboxylic acids is 3. The Morgan fingerprint density at radius 2 is 1.63 bits per heavy atom. The molecule has 2 aliphatic carbocycles. The third-order valence-electron chi connectivity index (χ3n) is 5.90. The van der Waals surface area contributed by atoms with Crippen LogP contribution in [0.1, 0.15) is 38.1 Å². The average Bonchev–Trinajstić information content (AvgIpc) is 3.26. The zero-order valence-corrected chi connectivity index (χ0v) is 16.0. The standard InChI is InChI=1S/C22H23NO4/c1-5-27-17-9-6-13(12(4)24)10-16(17)23-21(25)19-14-7-8-15(18(14)11(2)3)20(19)22(23)26/h6-10,14-15,19-20H,5H2,1-4H3/t14-,15-,19-,20+/m0/s1. The number of nitrogens with zero attached hydrogens (tertiary/aromatic N) is 1. The second kappa shape index (κ2) is 6.19. The Morgan fingerprint density at radius 3 is 2.11 bits per heavy atom. The second-order valence-corrected chi connectivity index (χ2v) is 7.63. The molecule has 140 valence electrons. The van der Waals surface area contributed by atoms with E-state index in [1.165, 1.54) is 23.0 Å². The van der Waals surface area contributed by atoms with Crippen molar-refractivity contribution in [3.63, 3.8) is 0 Å². The fraction of sp³-hybridized carbons (Fsp3) is 0.409. The fourth-order valence-electron chi connectivity index (χ4n) is 4.86. The SMILES string of the molecule is CCOc1ccc(C(C)=O)cc1N1C(=O)[C@@H]2[C@H](C1=O)[C@H]1C=C[C@H]2C1=C(C)C. The van der Waals surface area contributed by atoms with Gasteiger partial charge in [-0.2, -0.15) is 0 Å². The van der Waals surface area contributed by atoms with Crippen LogP contribution in [0.15, 0.2) is 41.5 Å². The number of carbonyl (C=O) groups is 3. The molecule has 2 amide bonds. The summed E-state index contributed by atoms with van der Waals surface area (Å²) in [5, 5.41) is 0. The van der Waals surface area contributed by atoms with Crippen LogP contribution in [-0.4, -0.2) is 24.2 Å². The van der Waals surface area contributed by atoms with Gasteiger partial charge < -0.3 is 4.74 Å². The molecule has 0 radical (unpaired) electrons. The van der Waals surface area contributed by atoms with E-state index in [9.17, 15) is 14.4 Å². The highest BCUT2D eigenvalue weighted by atomic mass is 16.5. The Bertz CT molecular complexity index is 888. The summed E-state index contributed by atoms with van der Waals surface area (Å²) in [5.41, 5.74) is 3.24. The molecule has 4 rings (SSSR count). The number of ether oxygens (including phenoxy) is 1. The van der Waals surface area contributed by atoms with E-state index in [-0.39, 0.29) is 41.3 Å². The number of allylic oxidation sites excluding steroid dienone is 4. The predicted octanol–water partition coefficient (Wildman–Crippen LogP) is 3.55. The van der Waals surface area contributed by atoms with E-state index in [0.29, 0.717) is 23.6 Å². The van der Waals surface area contributed by atoms with Gasteiger partial charge in [-0.15, -0.1) is 0 Å². The van der Waals surface area contributed by atoms with E-state index in [2.05, 4.69) is 12.2 Å². The fourth-order valence-corrected chi connectivity index (χ4v) is 4.86. The van der Waals surface area contributed by atoms with Crippen LogP contribution in [0, 0.1) is 23.7 Å². The largest absolute Gasteiger partial charge is 0.492 e. The van der Waals surface area contributed by atoms with Crippen LogP contribution < -0.4 is 9.64 Å². The summed E-state index contributed by atoms with van der Waals surface area (Å²) >= 11 is 0. The molecular weight excluding hydrogens is 342 g/mol. The molecule has 1 saturated carbocycles. The summed E-state index contributed by atoms with van der Waals surface area (Å²) in [7, 11) is 0. The Labute approximate surface area is 158 Å². The molecule has 1 heterocycles. The Balaban J connectivity index is 1.79. The Kier molecular flexibility index (Phi) is 4.06. The molecule has 0 spiro atoms. The third-order valence-corrected chi connectivity index (χ3v) is 5.90. The lowest BCUT2D eigenvalue weighted by atomic mass is 9.85. The number of amides is 2. The summed E-state index contributed by atoms with van der Waals surface area (Å²) in [6.45, 7) is 7.80. The third kappa shape index (κ3) is 2.41. The molecule has 1 aliphatic heterocycles. The van der Waals surface area contributed by atoms with Crippen LogP contribution in [0.4, 0.5) is 5.69 Å². The molecule has 27 heavy (non-hydrogen) atoms. The molecule has 1 aromatic rings. The minimum atomic E-state index is -0.354. The smallest absolute Gasteiger partial charge is 0.238 e. The monoisotopic (exact) mass is 365 g/mol. The average molecular weight is 365 g/mol. The van der Waals surface area contributed by atoms with Crippen LogP contribution in [-0.2, 0) is 9.59 Å². The van der Waals surface area contributed by atoms with Crippen LogP contribution in [0.3, 0.4) is 0 Å². The van der Waals surface area contributed by atoms with Gasteiger partial charge >= 0.3 is 0 Å². The zero-order chi connectivity index (χ0) is 19.5. The number of Topliss-reactive ketones (excluding diaryl/α,β-unsaturated/α-hetero) is 1. The van der Waals surface area contributed by atoms with Gasteiger partial charge in [0.15, 0.2) is 5.78 Å². The van der Waals surface area contributed by atoms with Crippen molar-refractivity contribution in [1.82, 2.24) is 0 Å². The van der Waals surface area contributed by atoms with Gasteiger partial charge in [0.25, 0.3) is 0 Å². The number of hydrogen-bond donors (Lipinski definition) is 0. The topological polar surface area (TPSA) is 63.7 Å². The van der Waals surface area contributed by atoms with Crippen LogP contribution in [0.5, 0.6) is 5.75 Å². The molecule has 3 aliphatic rings. The number of fused-ring (bicyclic) bond motifs is 5. The van der Waals surface area contributed by atoms with Crippen molar-refractivity contribution in [2.24, 2.45) is 23.7 Å². The number of benzene rings is 1. The van der Waals surface area contributed by atoms with E-state index in [1.807, 2.05) is 20.8 Å². The lowest BCUT2D eigenvalue weighted by Crippen LogP contribution is -2.33. The molecule has 2 bridgehead atoms. The van der Waals surface area contributed by atoms with Gasteiger partial charge in [0.05, 0.1) is 24.1 Å². The van der Waals surface area contributed by atoms with Gasteiger partial charge in [0.2, 0.25) is 11.8 Å². The maximum absolute atomic E-state index is 13.3.